The summed E-state index contributed by atoms with van der Waals surface area (Å²) in [4.78, 5) is 0. The van der Waals surface area contributed by atoms with Crippen LogP contribution in [0, 0.1) is 18.8 Å². The molecule has 0 nitrogen and oxygen atoms in total. The fraction of sp³-hybridized carbons (Fsp3) is 0.917. The Bertz CT molecular complexity index is 84.6. The predicted octanol–water partition coefficient (Wildman–Crippen LogP) is 4.21. The van der Waals surface area contributed by atoms with Gasteiger partial charge in [0.05, 0.1) is 0 Å². The van der Waals surface area contributed by atoms with Crippen LogP contribution in [-0.2, 0) is 0 Å². The van der Waals surface area contributed by atoms with Crippen LogP contribution < -0.4 is 0 Å². The average Bonchev–Trinajstić information content (AvgIpc) is 2.05. The number of hydrogen-bond acceptors (Lipinski definition) is 0. The second kappa shape index (κ2) is 5.61. The normalized spacial score (nSPS) is 32.5. The Morgan fingerprint density at radius 1 is 1.00 bits per heavy atom. The van der Waals surface area contributed by atoms with Crippen LogP contribution in [0.3, 0.4) is 0 Å². The lowest BCUT2D eigenvalue weighted by atomic mass is 9.84. The molecule has 0 amide bonds. The summed E-state index contributed by atoms with van der Waals surface area (Å²) in [6.45, 7) is 6.36. The molecule has 0 heteroatoms. The van der Waals surface area contributed by atoms with Gasteiger partial charge in [0.2, 0.25) is 0 Å². The molecule has 0 atom stereocenters. The van der Waals surface area contributed by atoms with Crippen molar-refractivity contribution in [2.24, 2.45) is 11.8 Å². The molecule has 1 radical (unpaired) electrons. The first-order valence-corrected chi connectivity index (χ1v) is 5.66. The first-order chi connectivity index (χ1) is 5.86. The Hall–Kier alpha value is 0. The molecule has 71 valence electrons. The largest absolute Gasteiger partial charge is 0.0651 e. The van der Waals surface area contributed by atoms with Gasteiger partial charge in [0.15, 0.2) is 0 Å². The second-order valence-corrected chi connectivity index (χ2v) is 4.29. The molecule has 0 N–H and O–H groups in total. The summed E-state index contributed by atoms with van der Waals surface area (Å²) in [5, 5.41) is 0. The van der Waals surface area contributed by atoms with Gasteiger partial charge in [-0.25, -0.2) is 0 Å². The first kappa shape index (κ1) is 10.1. The van der Waals surface area contributed by atoms with E-state index in [1.54, 1.807) is 0 Å². The molecule has 0 aromatic carbocycles. The molecule has 0 aromatic rings. The zero-order valence-electron chi connectivity index (χ0n) is 8.52. The summed E-state index contributed by atoms with van der Waals surface area (Å²) in [7, 11) is 0. The van der Waals surface area contributed by atoms with E-state index in [0.717, 1.165) is 18.3 Å². The van der Waals surface area contributed by atoms with Gasteiger partial charge >= 0.3 is 0 Å². The van der Waals surface area contributed by atoms with E-state index in [-0.39, 0.29) is 0 Å². The Kier molecular flexibility index (Phi) is 4.72. The predicted molar refractivity (Wildman–Crippen MR) is 54.9 cm³/mol. The Labute approximate surface area is 77.7 Å². The molecule has 1 fully saturated rings. The number of rotatable bonds is 2. The zero-order chi connectivity index (χ0) is 8.81. The third-order valence-corrected chi connectivity index (χ3v) is 3.44. The Balaban J connectivity index is 2.24. The monoisotopic (exact) mass is 167 g/mol. The van der Waals surface area contributed by atoms with E-state index in [1.165, 1.54) is 44.9 Å². The molecule has 0 aliphatic heterocycles. The minimum Gasteiger partial charge on any atom is -0.0651 e. The summed E-state index contributed by atoms with van der Waals surface area (Å²) < 4.78 is 0. The van der Waals surface area contributed by atoms with Crippen LogP contribution in [0.15, 0.2) is 0 Å². The van der Waals surface area contributed by atoms with E-state index in [9.17, 15) is 0 Å². The van der Waals surface area contributed by atoms with Gasteiger partial charge < -0.3 is 0 Å². The fourth-order valence-corrected chi connectivity index (χ4v) is 2.38. The van der Waals surface area contributed by atoms with Gasteiger partial charge in [-0.05, 0) is 11.8 Å². The molecule has 0 saturated heterocycles. The van der Waals surface area contributed by atoms with Crippen LogP contribution in [0.25, 0.3) is 0 Å². The van der Waals surface area contributed by atoms with Crippen molar-refractivity contribution in [2.45, 2.75) is 58.3 Å². The van der Waals surface area contributed by atoms with Gasteiger partial charge in [-0.1, -0.05) is 65.2 Å². The SMILES string of the molecule is [CH2]CC1CCCC(CC)CCC1. The maximum Gasteiger partial charge on any atom is -0.0414 e. The third kappa shape index (κ3) is 3.16. The van der Waals surface area contributed by atoms with E-state index in [2.05, 4.69) is 13.8 Å². The number of hydrogen-bond donors (Lipinski definition) is 0. The van der Waals surface area contributed by atoms with Crippen LogP contribution >= 0.6 is 0 Å². The summed E-state index contributed by atoms with van der Waals surface area (Å²) in [5.74, 6) is 1.98. The van der Waals surface area contributed by atoms with Gasteiger partial charge in [-0.3, -0.25) is 0 Å². The fourth-order valence-electron chi connectivity index (χ4n) is 2.38. The van der Waals surface area contributed by atoms with Crippen LogP contribution in [0.1, 0.15) is 58.3 Å². The van der Waals surface area contributed by atoms with Crippen LogP contribution in [0.4, 0.5) is 0 Å². The summed E-state index contributed by atoms with van der Waals surface area (Å²) >= 11 is 0. The van der Waals surface area contributed by atoms with Crippen molar-refractivity contribution in [3.8, 4) is 0 Å². The molecule has 1 aliphatic carbocycles. The quantitative estimate of drug-likeness (QED) is 0.578. The average molecular weight is 167 g/mol. The topological polar surface area (TPSA) is 0 Å². The van der Waals surface area contributed by atoms with Gasteiger partial charge in [0, 0.05) is 0 Å². The molecule has 0 heterocycles. The van der Waals surface area contributed by atoms with E-state index in [1.807, 2.05) is 0 Å². The minimum atomic E-state index is 0.947. The first-order valence-electron chi connectivity index (χ1n) is 5.66. The zero-order valence-corrected chi connectivity index (χ0v) is 8.52. The van der Waals surface area contributed by atoms with Crippen molar-refractivity contribution in [3.05, 3.63) is 6.92 Å². The van der Waals surface area contributed by atoms with Gasteiger partial charge in [-0.15, -0.1) is 0 Å². The van der Waals surface area contributed by atoms with Crippen LogP contribution in [-0.4, -0.2) is 0 Å². The maximum absolute atomic E-state index is 4.02. The van der Waals surface area contributed by atoms with Gasteiger partial charge in [0.1, 0.15) is 0 Å². The highest BCUT2D eigenvalue weighted by molar-refractivity contribution is 4.68. The van der Waals surface area contributed by atoms with Crippen LogP contribution in [0.5, 0.6) is 0 Å². The molecule has 1 aliphatic rings. The lowest BCUT2D eigenvalue weighted by Gasteiger charge is -2.22. The van der Waals surface area contributed by atoms with Crippen molar-refractivity contribution >= 4 is 0 Å². The molecular formula is C12H23. The smallest absolute Gasteiger partial charge is 0.0414 e. The molecule has 0 bridgehead atoms. The minimum absolute atomic E-state index is 0.947. The van der Waals surface area contributed by atoms with Crippen molar-refractivity contribution in [3.63, 3.8) is 0 Å². The van der Waals surface area contributed by atoms with Crippen molar-refractivity contribution < 1.29 is 0 Å². The van der Waals surface area contributed by atoms with E-state index in [4.69, 9.17) is 0 Å². The highest BCUT2D eigenvalue weighted by Gasteiger charge is 2.13. The van der Waals surface area contributed by atoms with E-state index in [0.29, 0.717) is 0 Å². The molecular weight excluding hydrogens is 144 g/mol. The summed E-state index contributed by atoms with van der Waals surface area (Å²) in [6, 6.07) is 0. The third-order valence-electron chi connectivity index (χ3n) is 3.44. The summed E-state index contributed by atoms with van der Waals surface area (Å²) in [5.41, 5.74) is 0. The molecule has 1 saturated carbocycles. The highest BCUT2D eigenvalue weighted by Crippen LogP contribution is 2.28. The lowest BCUT2D eigenvalue weighted by molar-refractivity contribution is 0.312. The maximum atomic E-state index is 4.02. The van der Waals surface area contributed by atoms with Crippen molar-refractivity contribution in [1.82, 2.24) is 0 Å². The molecule has 0 aromatic heterocycles. The van der Waals surface area contributed by atoms with E-state index < -0.39 is 0 Å². The van der Waals surface area contributed by atoms with Gasteiger partial charge in [0.25, 0.3) is 0 Å². The van der Waals surface area contributed by atoms with Crippen molar-refractivity contribution in [1.29, 1.82) is 0 Å². The Morgan fingerprint density at radius 3 is 1.92 bits per heavy atom. The lowest BCUT2D eigenvalue weighted by Crippen LogP contribution is -2.08. The van der Waals surface area contributed by atoms with E-state index >= 15 is 0 Å². The molecule has 1 rings (SSSR count). The van der Waals surface area contributed by atoms with Crippen molar-refractivity contribution in [2.75, 3.05) is 0 Å². The Morgan fingerprint density at radius 2 is 1.50 bits per heavy atom. The standard InChI is InChI=1S/C12H23/c1-3-11-7-5-9-12(4-2)10-6-8-11/h11-12H,1,3-10H2,2H3. The highest BCUT2D eigenvalue weighted by atomic mass is 14.2. The molecule has 0 unspecified atom stereocenters. The summed E-state index contributed by atoms with van der Waals surface area (Å²) in [6.07, 6.45) is 11.3. The van der Waals surface area contributed by atoms with Gasteiger partial charge in [-0.2, -0.15) is 0 Å². The second-order valence-electron chi connectivity index (χ2n) is 4.29. The molecule has 0 spiro atoms. The van der Waals surface area contributed by atoms with Crippen LogP contribution in [0.2, 0.25) is 0 Å². The molecule has 12 heavy (non-hydrogen) atoms.